The fraction of sp³-hybridized carbons (Fsp3) is 0.176. The first-order chi connectivity index (χ1) is 12.0. The maximum Gasteiger partial charge on any atom is 0.220 e. The third kappa shape index (κ3) is 4.15. The van der Waals surface area contributed by atoms with Crippen LogP contribution in [0.4, 0.5) is 0 Å². The molecule has 130 valence electrons. The number of nitrogens with zero attached hydrogens (tertiary/aromatic N) is 3. The fourth-order valence-electron chi connectivity index (χ4n) is 2.48. The third-order valence-electron chi connectivity index (χ3n) is 3.66. The SMILES string of the molecule is NC1=NC(c2ccccc2)N(CCOc2ccc(Cl)c(Cl)c2)C(N)=N1. The molecule has 0 bridgehead atoms. The molecule has 1 atom stereocenters. The number of aliphatic imine (C=N–C) groups is 2. The van der Waals surface area contributed by atoms with Crippen LogP contribution < -0.4 is 16.2 Å². The van der Waals surface area contributed by atoms with Crippen LogP contribution in [0.3, 0.4) is 0 Å². The lowest BCUT2D eigenvalue weighted by Gasteiger charge is -2.32. The van der Waals surface area contributed by atoms with E-state index in [-0.39, 0.29) is 12.1 Å². The van der Waals surface area contributed by atoms with Gasteiger partial charge in [0.2, 0.25) is 11.9 Å². The third-order valence-corrected chi connectivity index (χ3v) is 4.40. The Labute approximate surface area is 155 Å². The molecule has 1 aliphatic heterocycles. The molecule has 0 amide bonds. The van der Waals surface area contributed by atoms with E-state index in [1.165, 1.54) is 0 Å². The Morgan fingerprint density at radius 3 is 2.52 bits per heavy atom. The van der Waals surface area contributed by atoms with Gasteiger partial charge in [-0.15, -0.1) is 0 Å². The molecule has 8 heteroatoms. The van der Waals surface area contributed by atoms with Crippen molar-refractivity contribution in [3.05, 3.63) is 64.1 Å². The molecule has 0 aromatic heterocycles. The molecule has 6 nitrogen and oxygen atoms in total. The van der Waals surface area contributed by atoms with Crippen LogP contribution in [0.5, 0.6) is 5.75 Å². The van der Waals surface area contributed by atoms with Gasteiger partial charge in [-0.2, -0.15) is 4.99 Å². The Bertz CT molecular complexity index is 810. The van der Waals surface area contributed by atoms with Gasteiger partial charge >= 0.3 is 0 Å². The highest BCUT2D eigenvalue weighted by Gasteiger charge is 2.25. The highest BCUT2D eigenvalue weighted by molar-refractivity contribution is 6.42. The minimum Gasteiger partial charge on any atom is -0.492 e. The molecule has 1 heterocycles. The predicted octanol–water partition coefficient (Wildman–Crippen LogP) is 3.02. The molecule has 0 fully saturated rings. The summed E-state index contributed by atoms with van der Waals surface area (Å²) in [6.45, 7) is 0.846. The Kier molecular flexibility index (Phi) is 5.31. The molecule has 2 aromatic rings. The molecular weight excluding hydrogens is 361 g/mol. The Morgan fingerprint density at radius 2 is 1.80 bits per heavy atom. The molecule has 25 heavy (non-hydrogen) atoms. The normalized spacial score (nSPS) is 17.0. The fourth-order valence-corrected chi connectivity index (χ4v) is 2.76. The summed E-state index contributed by atoms with van der Waals surface area (Å²) in [6, 6.07) is 14.9. The molecule has 0 aliphatic carbocycles. The van der Waals surface area contributed by atoms with E-state index in [2.05, 4.69) is 9.98 Å². The zero-order valence-corrected chi connectivity index (χ0v) is 14.8. The van der Waals surface area contributed by atoms with Crippen LogP contribution in [0.1, 0.15) is 11.7 Å². The Balaban J connectivity index is 1.70. The summed E-state index contributed by atoms with van der Waals surface area (Å²) in [5, 5.41) is 0.924. The van der Waals surface area contributed by atoms with E-state index in [9.17, 15) is 0 Å². The minimum absolute atomic E-state index is 0.160. The van der Waals surface area contributed by atoms with Crippen LogP contribution in [0.15, 0.2) is 58.5 Å². The molecule has 1 aliphatic rings. The van der Waals surface area contributed by atoms with Crippen LogP contribution in [0.2, 0.25) is 10.0 Å². The number of guanidine groups is 2. The van der Waals surface area contributed by atoms with E-state index in [1.807, 2.05) is 35.2 Å². The van der Waals surface area contributed by atoms with Crippen molar-refractivity contribution in [2.24, 2.45) is 21.5 Å². The van der Waals surface area contributed by atoms with Crippen molar-refractivity contribution in [3.63, 3.8) is 0 Å². The maximum absolute atomic E-state index is 6.04. The molecule has 2 aromatic carbocycles. The molecule has 4 N–H and O–H groups in total. The van der Waals surface area contributed by atoms with Gasteiger partial charge in [0.05, 0.1) is 16.6 Å². The first-order valence-electron chi connectivity index (χ1n) is 7.61. The van der Waals surface area contributed by atoms with Gasteiger partial charge in [-0.3, -0.25) is 0 Å². The van der Waals surface area contributed by atoms with Gasteiger partial charge in [-0.25, -0.2) is 4.99 Å². The summed E-state index contributed by atoms with van der Waals surface area (Å²) in [7, 11) is 0. The summed E-state index contributed by atoms with van der Waals surface area (Å²) in [5.74, 6) is 1.09. The van der Waals surface area contributed by atoms with Crippen molar-refractivity contribution < 1.29 is 4.74 Å². The van der Waals surface area contributed by atoms with Crippen molar-refractivity contribution in [1.29, 1.82) is 0 Å². The zero-order valence-electron chi connectivity index (χ0n) is 13.3. The van der Waals surface area contributed by atoms with Crippen molar-refractivity contribution in [3.8, 4) is 5.75 Å². The van der Waals surface area contributed by atoms with Crippen molar-refractivity contribution in [1.82, 2.24) is 4.90 Å². The summed E-state index contributed by atoms with van der Waals surface area (Å²) >= 11 is 11.9. The molecule has 1 unspecified atom stereocenters. The first kappa shape index (κ1) is 17.4. The van der Waals surface area contributed by atoms with Crippen molar-refractivity contribution in [2.75, 3.05) is 13.2 Å². The highest BCUT2D eigenvalue weighted by atomic mass is 35.5. The monoisotopic (exact) mass is 377 g/mol. The minimum atomic E-state index is -0.337. The van der Waals surface area contributed by atoms with Crippen LogP contribution in [0.25, 0.3) is 0 Å². The van der Waals surface area contributed by atoms with E-state index in [1.54, 1.807) is 18.2 Å². The quantitative estimate of drug-likeness (QED) is 0.837. The summed E-state index contributed by atoms with van der Waals surface area (Å²) in [4.78, 5) is 10.3. The van der Waals surface area contributed by atoms with Gasteiger partial charge in [0.1, 0.15) is 12.4 Å². The number of benzene rings is 2. The van der Waals surface area contributed by atoms with Crippen LogP contribution in [0, 0.1) is 0 Å². The van der Waals surface area contributed by atoms with Crippen LogP contribution in [-0.2, 0) is 0 Å². The van der Waals surface area contributed by atoms with Crippen LogP contribution >= 0.6 is 23.2 Å². The number of hydrogen-bond acceptors (Lipinski definition) is 6. The number of nitrogens with two attached hydrogens (primary N) is 2. The molecule has 0 saturated heterocycles. The molecular formula is C17H17Cl2N5O. The molecule has 3 rings (SSSR count). The molecule has 0 saturated carbocycles. The second kappa shape index (κ2) is 7.63. The summed E-state index contributed by atoms with van der Waals surface area (Å²) in [5.41, 5.74) is 12.8. The number of ether oxygens (including phenoxy) is 1. The molecule has 0 radical (unpaired) electrons. The van der Waals surface area contributed by atoms with Gasteiger partial charge in [-0.1, -0.05) is 53.5 Å². The van der Waals surface area contributed by atoms with Gasteiger partial charge in [0.15, 0.2) is 6.17 Å². The topological polar surface area (TPSA) is 89.2 Å². The number of halogens is 2. The highest BCUT2D eigenvalue weighted by Crippen LogP contribution is 2.27. The lowest BCUT2D eigenvalue weighted by Crippen LogP contribution is -2.45. The zero-order chi connectivity index (χ0) is 17.8. The average Bonchev–Trinajstić information content (AvgIpc) is 2.60. The van der Waals surface area contributed by atoms with Gasteiger partial charge in [0.25, 0.3) is 0 Å². The standard InChI is InChI=1S/C17H17Cl2N5O/c18-13-7-6-12(10-14(13)19)25-9-8-24-15(11-4-2-1-3-5-11)22-16(20)23-17(24)21/h1-7,10,15H,8-9H2,(H4,20,21,22,23). The second-order valence-corrected chi connectivity index (χ2v) is 6.17. The first-order valence-corrected chi connectivity index (χ1v) is 8.37. The van der Waals surface area contributed by atoms with E-state index < -0.39 is 0 Å². The van der Waals surface area contributed by atoms with Crippen molar-refractivity contribution in [2.45, 2.75) is 6.17 Å². The van der Waals surface area contributed by atoms with Gasteiger partial charge < -0.3 is 21.1 Å². The van der Waals surface area contributed by atoms with E-state index in [0.717, 1.165) is 5.56 Å². The summed E-state index contributed by atoms with van der Waals surface area (Å²) in [6.07, 6.45) is -0.337. The van der Waals surface area contributed by atoms with E-state index >= 15 is 0 Å². The van der Waals surface area contributed by atoms with E-state index in [4.69, 9.17) is 39.4 Å². The van der Waals surface area contributed by atoms with Crippen LogP contribution in [-0.4, -0.2) is 30.0 Å². The Morgan fingerprint density at radius 1 is 1.04 bits per heavy atom. The lowest BCUT2D eigenvalue weighted by atomic mass is 10.1. The maximum atomic E-state index is 6.04. The Hall–Kier alpha value is -2.44. The van der Waals surface area contributed by atoms with Gasteiger partial charge in [0, 0.05) is 6.07 Å². The lowest BCUT2D eigenvalue weighted by molar-refractivity contribution is 0.233. The summed E-state index contributed by atoms with van der Waals surface area (Å²) < 4.78 is 5.73. The number of rotatable bonds is 5. The van der Waals surface area contributed by atoms with Gasteiger partial charge in [-0.05, 0) is 17.7 Å². The van der Waals surface area contributed by atoms with Crippen molar-refractivity contribution >= 4 is 35.1 Å². The smallest absolute Gasteiger partial charge is 0.220 e. The van der Waals surface area contributed by atoms with E-state index in [0.29, 0.717) is 34.9 Å². The molecule has 0 spiro atoms. The second-order valence-electron chi connectivity index (χ2n) is 5.36. The predicted molar refractivity (Wildman–Crippen MR) is 101 cm³/mol. The average molecular weight is 378 g/mol. The number of hydrogen-bond donors (Lipinski definition) is 2. The largest absolute Gasteiger partial charge is 0.492 e.